The maximum absolute atomic E-state index is 13.5. The van der Waals surface area contributed by atoms with Crippen LogP contribution in [-0.4, -0.2) is 51.2 Å². The van der Waals surface area contributed by atoms with E-state index in [0.717, 1.165) is 43.9 Å². The third-order valence-electron chi connectivity index (χ3n) is 6.75. The number of hydrogen-bond acceptors (Lipinski definition) is 4. The van der Waals surface area contributed by atoms with Crippen LogP contribution in [0.25, 0.3) is 0 Å². The molecule has 2 aromatic rings. The van der Waals surface area contributed by atoms with Crippen LogP contribution in [0.1, 0.15) is 35.2 Å². The van der Waals surface area contributed by atoms with E-state index in [1.54, 1.807) is 26.4 Å². The topological polar surface area (TPSA) is 50.8 Å². The van der Waals surface area contributed by atoms with Gasteiger partial charge in [-0.1, -0.05) is 12.1 Å². The first-order chi connectivity index (χ1) is 14.4. The zero-order valence-corrected chi connectivity index (χ0v) is 17.8. The van der Waals surface area contributed by atoms with Crippen molar-refractivity contribution in [3.63, 3.8) is 0 Å². The molecule has 1 heterocycles. The molecule has 0 spiro atoms. The quantitative estimate of drug-likeness (QED) is 0.815. The molecule has 0 aromatic heterocycles. The van der Waals surface area contributed by atoms with Crippen LogP contribution < -0.4 is 14.8 Å². The highest BCUT2D eigenvalue weighted by Gasteiger charge is 2.50. The molecule has 2 aliphatic rings. The summed E-state index contributed by atoms with van der Waals surface area (Å²) in [4.78, 5) is 15.0. The van der Waals surface area contributed by atoms with Gasteiger partial charge in [0.2, 0.25) is 0 Å². The van der Waals surface area contributed by atoms with Gasteiger partial charge in [-0.05, 0) is 68.1 Å². The van der Waals surface area contributed by atoms with Crippen molar-refractivity contribution in [2.75, 3.05) is 34.4 Å². The minimum absolute atomic E-state index is 0.0361. The minimum Gasteiger partial charge on any atom is -0.493 e. The number of hydrogen-bond donors (Lipinski definition) is 1. The molecule has 0 radical (unpaired) electrons. The molecule has 30 heavy (non-hydrogen) atoms. The molecule has 2 fully saturated rings. The van der Waals surface area contributed by atoms with Crippen molar-refractivity contribution >= 4 is 5.91 Å². The van der Waals surface area contributed by atoms with E-state index in [4.69, 9.17) is 9.47 Å². The molecular formula is C24H29FN2O3. The first kappa shape index (κ1) is 20.7. The first-order valence-corrected chi connectivity index (χ1v) is 10.4. The van der Waals surface area contributed by atoms with E-state index >= 15 is 0 Å². The second-order valence-electron chi connectivity index (χ2n) is 8.57. The van der Waals surface area contributed by atoms with Crippen LogP contribution >= 0.6 is 0 Å². The highest BCUT2D eigenvalue weighted by atomic mass is 19.1. The fourth-order valence-electron chi connectivity index (χ4n) is 5.35. The Morgan fingerprint density at radius 3 is 2.70 bits per heavy atom. The second-order valence-corrected chi connectivity index (χ2v) is 8.57. The summed E-state index contributed by atoms with van der Waals surface area (Å²) < 4.78 is 24.4. The molecule has 160 valence electrons. The number of carbonyl (C=O) groups excluding carboxylic acids is 1. The predicted octanol–water partition coefficient (Wildman–Crippen LogP) is 3.62. The monoisotopic (exact) mass is 412 g/mol. The molecule has 0 unspecified atom stereocenters. The summed E-state index contributed by atoms with van der Waals surface area (Å²) in [6.45, 7) is 1.97. The van der Waals surface area contributed by atoms with E-state index < -0.39 is 5.82 Å². The number of halogens is 1. The largest absolute Gasteiger partial charge is 0.493 e. The molecule has 3 atom stereocenters. The predicted molar refractivity (Wildman–Crippen MR) is 114 cm³/mol. The van der Waals surface area contributed by atoms with Gasteiger partial charge < -0.3 is 19.7 Å². The lowest BCUT2D eigenvalue weighted by Gasteiger charge is -2.43. The van der Waals surface area contributed by atoms with Gasteiger partial charge >= 0.3 is 0 Å². The molecule has 0 bridgehead atoms. The number of likely N-dealkylation sites (tertiary alicyclic amines) is 1. The summed E-state index contributed by atoms with van der Waals surface area (Å²) in [5, 5.41) is 3.13. The van der Waals surface area contributed by atoms with Gasteiger partial charge in [0, 0.05) is 30.1 Å². The number of methoxy groups -OCH3 is 2. The van der Waals surface area contributed by atoms with Crippen molar-refractivity contribution in [2.24, 2.45) is 5.92 Å². The Balaban J connectivity index is 1.54. The molecule has 1 N–H and O–H groups in total. The number of amides is 1. The number of fused-ring (bicyclic) bond motifs is 1. The van der Waals surface area contributed by atoms with Crippen LogP contribution in [0.15, 0.2) is 42.5 Å². The maximum Gasteiger partial charge on any atom is 0.251 e. The second kappa shape index (κ2) is 8.26. The van der Waals surface area contributed by atoms with Crippen molar-refractivity contribution in [1.82, 2.24) is 10.2 Å². The van der Waals surface area contributed by atoms with Gasteiger partial charge in [0.05, 0.1) is 14.2 Å². The molecule has 1 amide bonds. The number of benzene rings is 2. The highest BCUT2D eigenvalue weighted by Crippen LogP contribution is 2.49. The average Bonchev–Trinajstić information content (AvgIpc) is 3.09. The van der Waals surface area contributed by atoms with Crippen LogP contribution in [0.3, 0.4) is 0 Å². The van der Waals surface area contributed by atoms with E-state index in [1.807, 2.05) is 6.07 Å². The standard InChI is InChI=1S/C24H29FN2O3/c1-27-14-18-12-20(26-23(28)16-5-4-6-19(25)11-16)9-10-24(18,15-27)17-7-8-21(29-2)22(13-17)30-3/h4-8,11,13,18,20H,9-10,12,14-15H2,1-3H3,(H,26,28)/t18-,20-,24+/m1/s1. The zero-order chi connectivity index (χ0) is 21.3. The van der Waals surface area contributed by atoms with E-state index in [-0.39, 0.29) is 17.4 Å². The zero-order valence-electron chi connectivity index (χ0n) is 17.8. The molecule has 1 saturated heterocycles. The number of carbonyl (C=O) groups is 1. The summed E-state index contributed by atoms with van der Waals surface area (Å²) in [5.41, 5.74) is 1.67. The summed E-state index contributed by atoms with van der Waals surface area (Å²) in [5.74, 6) is 1.31. The fraction of sp³-hybridized carbons (Fsp3) is 0.458. The van der Waals surface area contributed by atoms with Crippen LogP contribution in [0.5, 0.6) is 11.5 Å². The van der Waals surface area contributed by atoms with Gasteiger partial charge in [-0.3, -0.25) is 4.79 Å². The molecule has 1 aliphatic carbocycles. The third-order valence-corrected chi connectivity index (χ3v) is 6.75. The van der Waals surface area contributed by atoms with Gasteiger partial charge in [-0.2, -0.15) is 0 Å². The SMILES string of the molecule is COc1ccc([C@@]23CC[C@@H](NC(=O)c4cccc(F)c4)C[C@@H]2CN(C)C3)cc1OC. The molecule has 6 heteroatoms. The number of rotatable bonds is 5. The van der Waals surface area contributed by atoms with Crippen molar-refractivity contribution in [3.05, 3.63) is 59.4 Å². The lowest BCUT2D eigenvalue weighted by atomic mass is 9.63. The molecule has 5 nitrogen and oxygen atoms in total. The lowest BCUT2D eigenvalue weighted by molar-refractivity contribution is 0.0904. The van der Waals surface area contributed by atoms with E-state index in [0.29, 0.717) is 11.5 Å². The van der Waals surface area contributed by atoms with Gasteiger partial charge in [0.25, 0.3) is 5.91 Å². The van der Waals surface area contributed by atoms with Crippen LogP contribution in [-0.2, 0) is 5.41 Å². The first-order valence-electron chi connectivity index (χ1n) is 10.4. The molecule has 2 aromatic carbocycles. The average molecular weight is 413 g/mol. The van der Waals surface area contributed by atoms with E-state index in [2.05, 4.69) is 29.4 Å². The van der Waals surface area contributed by atoms with Gasteiger partial charge in [0.1, 0.15) is 5.82 Å². The van der Waals surface area contributed by atoms with Gasteiger partial charge in [0.15, 0.2) is 11.5 Å². The van der Waals surface area contributed by atoms with Gasteiger partial charge in [-0.15, -0.1) is 0 Å². The minimum atomic E-state index is -0.392. The smallest absolute Gasteiger partial charge is 0.251 e. The maximum atomic E-state index is 13.5. The Morgan fingerprint density at radius 2 is 1.97 bits per heavy atom. The van der Waals surface area contributed by atoms with Crippen LogP contribution in [0.4, 0.5) is 4.39 Å². The summed E-state index contributed by atoms with van der Waals surface area (Å²) in [6.07, 6.45) is 2.77. The van der Waals surface area contributed by atoms with E-state index in [9.17, 15) is 9.18 Å². The van der Waals surface area contributed by atoms with Crippen LogP contribution in [0, 0.1) is 11.7 Å². The van der Waals surface area contributed by atoms with E-state index in [1.165, 1.54) is 17.7 Å². The van der Waals surface area contributed by atoms with Crippen molar-refractivity contribution in [1.29, 1.82) is 0 Å². The third kappa shape index (κ3) is 3.76. The Bertz CT molecular complexity index is 934. The Morgan fingerprint density at radius 1 is 1.17 bits per heavy atom. The highest BCUT2D eigenvalue weighted by molar-refractivity contribution is 5.94. The molecule has 1 aliphatic heterocycles. The summed E-state index contributed by atoms with van der Waals surface area (Å²) in [7, 11) is 5.46. The number of ether oxygens (including phenoxy) is 2. The van der Waals surface area contributed by atoms with Crippen molar-refractivity contribution < 1.29 is 18.7 Å². The molecule has 1 saturated carbocycles. The normalized spacial score (nSPS) is 26.1. The fourth-order valence-corrected chi connectivity index (χ4v) is 5.35. The van der Waals surface area contributed by atoms with Gasteiger partial charge in [-0.25, -0.2) is 4.39 Å². The van der Waals surface area contributed by atoms with Crippen LogP contribution in [0.2, 0.25) is 0 Å². The lowest BCUT2D eigenvalue weighted by Crippen LogP contribution is -2.47. The summed E-state index contributed by atoms with van der Waals surface area (Å²) in [6, 6.07) is 12.2. The molecule has 4 rings (SSSR count). The Labute approximate surface area is 177 Å². The number of likely N-dealkylation sites (N-methyl/N-ethyl adjacent to an activating group) is 1. The Hall–Kier alpha value is -2.60. The molecular weight excluding hydrogens is 383 g/mol. The van der Waals surface area contributed by atoms with Crippen molar-refractivity contribution in [3.8, 4) is 11.5 Å². The number of nitrogens with one attached hydrogen (secondary N) is 1. The number of nitrogens with zero attached hydrogens (tertiary/aromatic N) is 1. The summed E-state index contributed by atoms with van der Waals surface area (Å²) >= 11 is 0. The van der Waals surface area contributed by atoms with Crippen molar-refractivity contribution in [2.45, 2.75) is 30.7 Å². The Kier molecular flexibility index (Phi) is 5.69.